The Hall–Kier alpha value is -3.00. The number of anilines is 1. The SMILES string of the molecule is CC(=O)N[C@H](C)c1ccc(-c2csc(NC(=O)c3ccn(C(C)C)n3)n2)cc1. The number of thiazole rings is 1. The Labute approximate surface area is 167 Å². The Morgan fingerprint density at radius 3 is 2.43 bits per heavy atom. The summed E-state index contributed by atoms with van der Waals surface area (Å²) in [4.78, 5) is 28.0. The molecule has 0 spiro atoms. The van der Waals surface area contributed by atoms with Gasteiger partial charge >= 0.3 is 0 Å². The topological polar surface area (TPSA) is 88.9 Å². The van der Waals surface area contributed by atoms with Crippen molar-refractivity contribution in [3.63, 3.8) is 0 Å². The van der Waals surface area contributed by atoms with Crippen LogP contribution in [0.25, 0.3) is 11.3 Å². The van der Waals surface area contributed by atoms with Crippen LogP contribution in [0.4, 0.5) is 5.13 Å². The van der Waals surface area contributed by atoms with E-state index in [1.165, 1.54) is 18.3 Å². The summed E-state index contributed by atoms with van der Waals surface area (Å²) >= 11 is 1.36. The van der Waals surface area contributed by atoms with E-state index in [0.29, 0.717) is 10.8 Å². The fourth-order valence-corrected chi connectivity index (χ4v) is 3.42. The number of hydrogen-bond acceptors (Lipinski definition) is 5. The molecule has 2 N–H and O–H groups in total. The number of rotatable bonds is 6. The largest absolute Gasteiger partial charge is 0.350 e. The summed E-state index contributed by atoms with van der Waals surface area (Å²) in [5.41, 5.74) is 3.11. The maximum absolute atomic E-state index is 12.3. The average Bonchev–Trinajstić information content (AvgIpc) is 3.31. The smallest absolute Gasteiger partial charge is 0.277 e. The van der Waals surface area contributed by atoms with Gasteiger partial charge in [-0.1, -0.05) is 24.3 Å². The van der Waals surface area contributed by atoms with Crippen LogP contribution in [0.2, 0.25) is 0 Å². The quantitative estimate of drug-likeness (QED) is 0.657. The number of carbonyl (C=O) groups excluding carboxylic acids is 2. The molecule has 3 rings (SSSR count). The lowest BCUT2D eigenvalue weighted by molar-refractivity contribution is -0.119. The average molecular weight is 398 g/mol. The van der Waals surface area contributed by atoms with Crippen molar-refractivity contribution in [1.29, 1.82) is 0 Å². The van der Waals surface area contributed by atoms with Gasteiger partial charge in [0, 0.05) is 30.1 Å². The molecule has 2 heterocycles. The Morgan fingerprint density at radius 1 is 1.11 bits per heavy atom. The Bertz CT molecular complexity index is 975. The van der Waals surface area contributed by atoms with Crippen LogP contribution in [0.5, 0.6) is 0 Å². The van der Waals surface area contributed by atoms with Crippen molar-refractivity contribution in [3.8, 4) is 11.3 Å². The van der Waals surface area contributed by atoms with Crippen LogP contribution in [-0.4, -0.2) is 26.6 Å². The summed E-state index contributed by atoms with van der Waals surface area (Å²) in [5, 5.41) is 12.3. The van der Waals surface area contributed by atoms with Gasteiger partial charge in [-0.25, -0.2) is 4.98 Å². The summed E-state index contributed by atoms with van der Waals surface area (Å²) in [5.74, 6) is -0.338. The van der Waals surface area contributed by atoms with Crippen molar-refractivity contribution in [3.05, 3.63) is 53.2 Å². The second-order valence-electron chi connectivity index (χ2n) is 6.81. The molecule has 0 saturated heterocycles. The van der Waals surface area contributed by atoms with E-state index in [1.54, 1.807) is 16.9 Å². The minimum atomic E-state index is -0.278. The molecule has 0 aliphatic heterocycles. The molecule has 1 aromatic carbocycles. The lowest BCUT2D eigenvalue weighted by Crippen LogP contribution is -2.23. The number of nitrogens with one attached hydrogen (secondary N) is 2. The fraction of sp³-hybridized carbons (Fsp3) is 0.300. The number of hydrogen-bond donors (Lipinski definition) is 2. The van der Waals surface area contributed by atoms with Gasteiger partial charge in [-0.05, 0) is 32.4 Å². The summed E-state index contributed by atoms with van der Waals surface area (Å²) in [6.07, 6.45) is 1.79. The number of aromatic nitrogens is 3. The van der Waals surface area contributed by atoms with Crippen LogP contribution in [0.3, 0.4) is 0 Å². The molecule has 0 bridgehead atoms. The molecule has 146 valence electrons. The fourth-order valence-electron chi connectivity index (χ4n) is 2.70. The normalized spacial score (nSPS) is 12.0. The second kappa shape index (κ2) is 8.35. The first-order valence-electron chi connectivity index (χ1n) is 9.03. The zero-order valence-electron chi connectivity index (χ0n) is 16.3. The van der Waals surface area contributed by atoms with Crippen molar-refractivity contribution in [2.75, 3.05) is 5.32 Å². The zero-order valence-corrected chi connectivity index (χ0v) is 17.1. The van der Waals surface area contributed by atoms with Crippen molar-refractivity contribution >= 4 is 28.3 Å². The van der Waals surface area contributed by atoms with Crippen molar-refractivity contribution in [2.45, 2.75) is 39.8 Å². The Balaban J connectivity index is 1.68. The Kier molecular flexibility index (Phi) is 5.89. The molecule has 0 unspecified atom stereocenters. The molecular weight excluding hydrogens is 374 g/mol. The Morgan fingerprint density at radius 2 is 1.82 bits per heavy atom. The molecule has 28 heavy (non-hydrogen) atoms. The molecular formula is C20H23N5O2S. The highest BCUT2D eigenvalue weighted by molar-refractivity contribution is 7.14. The van der Waals surface area contributed by atoms with Crippen LogP contribution < -0.4 is 10.6 Å². The van der Waals surface area contributed by atoms with Gasteiger partial charge in [0.1, 0.15) is 0 Å². The summed E-state index contributed by atoms with van der Waals surface area (Å²) in [7, 11) is 0. The molecule has 0 fully saturated rings. The van der Waals surface area contributed by atoms with Crippen LogP contribution in [-0.2, 0) is 4.79 Å². The van der Waals surface area contributed by atoms with E-state index in [4.69, 9.17) is 0 Å². The minimum absolute atomic E-state index is 0.0533. The van der Waals surface area contributed by atoms with E-state index >= 15 is 0 Å². The van der Waals surface area contributed by atoms with Gasteiger partial charge in [-0.2, -0.15) is 5.10 Å². The second-order valence-corrected chi connectivity index (χ2v) is 7.67. The minimum Gasteiger partial charge on any atom is -0.350 e. The highest BCUT2D eigenvalue weighted by atomic mass is 32.1. The van der Waals surface area contributed by atoms with Crippen LogP contribution in [0.1, 0.15) is 55.8 Å². The number of amides is 2. The molecule has 0 saturated carbocycles. The molecule has 0 radical (unpaired) electrons. The first-order valence-corrected chi connectivity index (χ1v) is 9.91. The molecule has 1 atom stereocenters. The van der Waals surface area contributed by atoms with Gasteiger partial charge in [-0.15, -0.1) is 11.3 Å². The monoisotopic (exact) mass is 397 g/mol. The van der Waals surface area contributed by atoms with Gasteiger partial charge in [-0.3, -0.25) is 19.6 Å². The first-order chi connectivity index (χ1) is 13.3. The molecule has 0 aliphatic carbocycles. The first kappa shape index (κ1) is 19.8. The predicted molar refractivity (Wildman–Crippen MR) is 110 cm³/mol. The van der Waals surface area contributed by atoms with Crippen molar-refractivity contribution in [1.82, 2.24) is 20.1 Å². The van der Waals surface area contributed by atoms with Gasteiger partial charge in [0.25, 0.3) is 5.91 Å². The predicted octanol–water partition coefficient (Wildman–Crippen LogP) is 4.04. The molecule has 8 heteroatoms. The van der Waals surface area contributed by atoms with Crippen LogP contribution >= 0.6 is 11.3 Å². The van der Waals surface area contributed by atoms with Crippen molar-refractivity contribution < 1.29 is 9.59 Å². The van der Waals surface area contributed by atoms with Crippen LogP contribution in [0, 0.1) is 0 Å². The summed E-state index contributed by atoms with van der Waals surface area (Å²) in [6, 6.07) is 9.68. The van der Waals surface area contributed by atoms with Gasteiger partial charge in [0.15, 0.2) is 10.8 Å². The highest BCUT2D eigenvalue weighted by Crippen LogP contribution is 2.26. The number of nitrogens with zero attached hydrogens (tertiary/aromatic N) is 3. The number of benzene rings is 1. The molecule has 2 amide bonds. The van der Waals surface area contributed by atoms with Crippen molar-refractivity contribution in [2.24, 2.45) is 0 Å². The lowest BCUT2D eigenvalue weighted by Gasteiger charge is -2.12. The van der Waals surface area contributed by atoms with Gasteiger partial charge in [0.05, 0.1) is 11.7 Å². The highest BCUT2D eigenvalue weighted by Gasteiger charge is 2.14. The summed E-state index contributed by atoms with van der Waals surface area (Å²) in [6.45, 7) is 7.45. The zero-order chi connectivity index (χ0) is 20.3. The third-order valence-corrected chi connectivity index (χ3v) is 4.98. The third kappa shape index (κ3) is 4.64. The van der Waals surface area contributed by atoms with Gasteiger partial charge < -0.3 is 5.32 Å². The summed E-state index contributed by atoms with van der Waals surface area (Å²) < 4.78 is 1.74. The molecule has 2 aromatic heterocycles. The van der Waals surface area contributed by atoms with Gasteiger partial charge in [0.2, 0.25) is 5.91 Å². The standard InChI is InChI=1S/C20H23N5O2S/c1-12(2)25-10-9-17(24-25)19(27)23-20-22-18(11-28-20)16-7-5-15(6-8-16)13(3)21-14(4)26/h5-13H,1-4H3,(H,21,26)(H,22,23,27)/t13-/m1/s1. The van der Waals surface area contributed by atoms with E-state index < -0.39 is 0 Å². The molecule has 0 aliphatic rings. The van der Waals surface area contributed by atoms with E-state index in [9.17, 15) is 9.59 Å². The van der Waals surface area contributed by atoms with E-state index in [2.05, 4.69) is 20.7 Å². The van der Waals surface area contributed by atoms with E-state index in [-0.39, 0.29) is 23.9 Å². The molecule has 3 aromatic rings. The van der Waals surface area contributed by atoms with Crippen LogP contribution in [0.15, 0.2) is 41.9 Å². The van der Waals surface area contributed by atoms with E-state index in [1.807, 2.05) is 50.4 Å². The lowest BCUT2D eigenvalue weighted by atomic mass is 10.1. The number of carbonyl (C=O) groups is 2. The van der Waals surface area contributed by atoms with E-state index in [0.717, 1.165) is 16.8 Å². The maximum Gasteiger partial charge on any atom is 0.277 e. The maximum atomic E-state index is 12.3. The third-order valence-electron chi connectivity index (χ3n) is 4.22. The molecule has 7 nitrogen and oxygen atoms in total.